The molecule has 0 bridgehead atoms. The fraction of sp³-hybridized carbons (Fsp3) is 0.143. The van der Waals surface area contributed by atoms with Crippen molar-refractivity contribution >= 4 is 35.2 Å². The third-order valence-electron chi connectivity index (χ3n) is 4.44. The first-order chi connectivity index (χ1) is 13.1. The maximum absolute atomic E-state index is 12.3. The van der Waals surface area contributed by atoms with E-state index in [9.17, 15) is 9.59 Å². The van der Waals surface area contributed by atoms with Crippen LogP contribution in [0.15, 0.2) is 48.9 Å². The molecule has 0 unspecified atom stereocenters. The quantitative estimate of drug-likeness (QED) is 0.562. The van der Waals surface area contributed by atoms with Crippen molar-refractivity contribution in [3.05, 3.63) is 71.2 Å². The Morgan fingerprint density at radius 3 is 2.89 bits per heavy atom. The molecule has 1 aliphatic rings. The van der Waals surface area contributed by atoms with Gasteiger partial charge in [-0.25, -0.2) is 0 Å². The summed E-state index contributed by atoms with van der Waals surface area (Å²) in [5, 5.41) is 10.2. The molecular formula is C21H20N4O2. The molecule has 4 N–H and O–H groups in total. The van der Waals surface area contributed by atoms with Gasteiger partial charge in [0.25, 0.3) is 0 Å². The molecule has 0 aliphatic heterocycles. The number of ketones is 1. The molecule has 0 radical (unpaired) electrons. The van der Waals surface area contributed by atoms with Crippen molar-refractivity contribution in [2.75, 3.05) is 5.32 Å². The van der Waals surface area contributed by atoms with Crippen LogP contribution in [0.5, 0.6) is 0 Å². The van der Waals surface area contributed by atoms with Crippen LogP contribution in [0.2, 0.25) is 0 Å². The summed E-state index contributed by atoms with van der Waals surface area (Å²) in [6, 6.07) is 7.12. The van der Waals surface area contributed by atoms with Gasteiger partial charge >= 0.3 is 0 Å². The van der Waals surface area contributed by atoms with Gasteiger partial charge in [0.05, 0.1) is 0 Å². The number of Topliss-reactive ketones (excluding diaryl/α,β-unsaturated/α-hetero) is 1. The van der Waals surface area contributed by atoms with Crippen molar-refractivity contribution in [2.24, 2.45) is 5.73 Å². The summed E-state index contributed by atoms with van der Waals surface area (Å²) >= 11 is 0. The van der Waals surface area contributed by atoms with Crippen LogP contribution >= 0.6 is 0 Å². The highest BCUT2D eigenvalue weighted by Gasteiger charge is 2.17. The van der Waals surface area contributed by atoms with E-state index in [1.54, 1.807) is 36.7 Å². The van der Waals surface area contributed by atoms with Crippen LogP contribution in [-0.4, -0.2) is 22.9 Å². The number of hydrogen-bond donors (Lipinski definition) is 3. The molecule has 1 aliphatic carbocycles. The van der Waals surface area contributed by atoms with Gasteiger partial charge in [-0.1, -0.05) is 0 Å². The van der Waals surface area contributed by atoms with E-state index >= 15 is 0 Å². The Morgan fingerprint density at radius 2 is 2.11 bits per heavy atom. The first kappa shape index (κ1) is 18.3. The average molecular weight is 360 g/mol. The molecule has 0 spiro atoms. The summed E-state index contributed by atoms with van der Waals surface area (Å²) in [7, 11) is 0. The van der Waals surface area contributed by atoms with Gasteiger partial charge < -0.3 is 16.5 Å². The second kappa shape index (κ2) is 8.23. The predicted octanol–water partition coefficient (Wildman–Crippen LogP) is 3.20. The van der Waals surface area contributed by atoms with Gasteiger partial charge in [0.1, 0.15) is 0 Å². The molecule has 6 nitrogen and oxygen atoms in total. The summed E-state index contributed by atoms with van der Waals surface area (Å²) in [6.07, 6.45) is 11.0. The lowest BCUT2D eigenvalue weighted by atomic mass is 9.90. The summed E-state index contributed by atoms with van der Waals surface area (Å²) < 4.78 is 0. The van der Waals surface area contributed by atoms with E-state index < -0.39 is 0 Å². The number of pyridine rings is 1. The lowest BCUT2D eigenvalue weighted by Crippen LogP contribution is -2.13. The molecule has 0 saturated carbocycles. The maximum atomic E-state index is 12.3. The molecule has 136 valence electrons. The highest BCUT2D eigenvalue weighted by molar-refractivity contribution is 6.10. The highest BCUT2D eigenvalue weighted by atomic mass is 16.1. The van der Waals surface area contributed by atoms with Gasteiger partial charge in [-0.05, 0) is 54.3 Å². The Hall–Kier alpha value is -3.54. The van der Waals surface area contributed by atoms with Gasteiger partial charge in [-0.3, -0.25) is 14.6 Å². The van der Waals surface area contributed by atoms with Gasteiger partial charge in [-0.2, -0.15) is 0 Å². The third kappa shape index (κ3) is 4.17. The highest BCUT2D eigenvalue weighted by Crippen LogP contribution is 2.24. The van der Waals surface area contributed by atoms with Crippen LogP contribution in [0.1, 0.15) is 39.9 Å². The van der Waals surface area contributed by atoms with Crippen LogP contribution in [0.3, 0.4) is 0 Å². The molecular weight excluding hydrogens is 340 g/mol. The fourth-order valence-electron chi connectivity index (χ4n) is 3.09. The van der Waals surface area contributed by atoms with Crippen molar-refractivity contribution in [3.63, 3.8) is 0 Å². The number of carbonyl (C=O) groups excluding carboxylic acids is 2. The van der Waals surface area contributed by atoms with Gasteiger partial charge in [0, 0.05) is 59.7 Å². The molecule has 6 heteroatoms. The Kier molecular flexibility index (Phi) is 5.56. The Bertz CT molecular complexity index is 960. The van der Waals surface area contributed by atoms with E-state index in [2.05, 4.69) is 10.3 Å². The van der Waals surface area contributed by atoms with Crippen molar-refractivity contribution in [1.29, 1.82) is 5.41 Å². The fourth-order valence-corrected chi connectivity index (χ4v) is 3.09. The summed E-state index contributed by atoms with van der Waals surface area (Å²) in [5.41, 5.74) is 9.88. The molecule has 1 aromatic carbocycles. The summed E-state index contributed by atoms with van der Waals surface area (Å²) in [5.74, 6) is -0.131. The van der Waals surface area contributed by atoms with E-state index in [4.69, 9.17) is 11.1 Å². The maximum Gasteiger partial charge on any atom is 0.248 e. The largest absolute Gasteiger partial charge is 0.404 e. The molecule has 0 fully saturated rings. The number of carbonyl (C=O) groups is 2. The zero-order valence-electron chi connectivity index (χ0n) is 14.7. The Labute approximate surface area is 157 Å². The Morgan fingerprint density at radius 1 is 1.26 bits per heavy atom. The number of aromatic nitrogens is 1. The van der Waals surface area contributed by atoms with Crippen molar-refractivity contribution in [3.8, 4) is 0 Å². The molecule has 1 heterocycles. The first-order valence-corrected chi connectivity index (χ1v) is 8.64. The number of hydrogen-bond acceptors (Lipinski definition) is 5. The molecule has 1 amide bonds. The molecule has 1 aromatic heterocycles. The smallest absolute Gasteiger partial charge is 0.248 e. The summed E-state index contributed by atoms with van der Waals surface area (Å²) in [6.45, 7) is 0. The zero-order valence-corrected chi connectivity index (χ0v) is 14.7. The van der Waals surface area contributed by atoms with Crippen LogP contribution in [-0.2, 0) is 11.2 Å². The standard InChI is InChI=1S/C21H20N4O2/c22-11-16(12-23)18-8-9-24-13-15(18)4-7-21(27)25-17-5-6-19-14(10-17)2-1-3-20(19)26/h4-13,22H,1-3,23H2,(H,25,27)/b7-4+,16-12+,22-11?. The minimum absolute atomic E-state index is 0.160. The van der Waals surface area contributed by atoms with E-state index in [0.29, 0.717) is 23.2 Å². The number of aryl methyl sites for hydroxylation is 1. The van der Waals surface area contributed by atoms with Crippen LogP contribution in [0.25, 0.3) is 11.6 Å². The van der Waals surface area contributed by atoms with Crippen molar-refractivity contribution in [2.45, 2.75) is 19.3 Å². The summed E-state index contributed by atoms with van der Waals surface area (Å²) in [4.78, 5) is 28.2. The molecule has 0 atom stereocenters. The lowest BCUT2D eigenvalue weighted by Gasteiger charge is -2.15. The van der Waals surface area contributed by atoms with Gasteiger partial charge in [0.15, 0.2) is 5.78 Å². The number of benzene rings is 1. The number of fused-ring (bicyclic) bond motifs is 1. The number of nitrogens with one attached hydrogen (secondary N) is 2. The molecule has 27 heavy (non-hydrogen) atoms. The van der Waals surface area contributed by atoms with Gasteiger partial charge in [-0.15, -0.1) is 0 Å². The van der Waals surface area contributed by atoms with E-state index in [1.165, 1.54) is 12.3 Å². The minimum Gasteiger partial charge on any atom is -0.404 e. The lowest BCUT2D eigenvalue weighted by molar-refractivity contribution is -0.111. The van der Waals surface area contributed by atoms with Gasteiger partial charge in [0.2, 0.25) is 5.91 Å². The second-order valence-electron chi connectivity index (χ2n) is 6.20. The second-order valence-corrected chi connectivity index (χ2v) is 6.20. The SMILES string of the molecule is N=C/C(=C\N)c1ccncc1/C=C/C(=O)Nc1ccc2c(c1)CCCC2=O. The van der Waals surface area contributed by atoms with E-state index in [1.807, 2.05) is 6.07 Å². The first-order valence-electron chi connectivity index (χ1n) is 8.64. The molecule has 2 aromatic rings. The minimum atomic E-state index is -0.292. The van der Waals surface area contributed by atoms with Crippen molar-refractivity contribution < 1.29 is 9.59 Å². The van der Waals surface area contributed by atoms with E-state index in [-0.39, 0.29) is 11.7 Å². The number of amides is 1. The number of nitrogens with two attached hydrogens (primary N) is 1. The molecule has 3 rings (SSSR count). The van der Waals surface area contributed by atoms with Crippen LogP contribution in [0.4, 0.5) is 5.69 Å². The number of anilines is 1. The van der Waals surface area contributed by atoms with Crippen LogP contribution in [0, 0.1) is 5.41 Å². The van der Waals surface area contributed by atoms with E-state index in [0.717, 1.165) is 35.7 Å². The zero-order chi connectivity index (χ0) is 19.2. The normalized spacial score (nSPS) is 14.1. The molecule has 0 saturated heterocycles. The van der Waals surface area contributed by atoms with Crippen molar-refractivity contribution in [1.82, 2.24) is 4.98 Å². The number of allylic oxidation sites excluding steroid dienone is 1. The monoisotopic (exact) mass is 360 g/mol. The van der Waals surface area contributed by atoms with Crippen LogP contribution < -0.4 is 11.1 Å². The number of rotatable bonds is 5. The predicted molar refractivity (Wildman–Crippen MR) is 107 cm³/mol. The number of nitrogens with zero attached hydrogens (tertiary/aromatic N) is 1. The third-order valence-corrected chi connectivity index (χ3v) is 4.44. The average Bonchev–Trinajstić information content (AvgIpc) is 2.68. The Balaban J connectivity index is 1.75. The topological polar surface area (TPSA) is 109 Å².